The highest BCUT2D eigenvalue weighted by atomic mass is 35.5. The molecule has 0 amide bonds. The second-order valence-electron chi connectivity index (χ2n) is 4.25. The van der Waals surface area contributed by atoms with Gasteiger partial charge in [-0.2, -0.15) is 0 Å². The lowest BCUT2D eigenvalue weighted by Gasteiger charge is -2.17. The topological polar surface area (TPSA) is 101 Å². The normalized spacial score (nSPS) is 13.3. The van der Waals surface area contributed by atoms with Crippen molar-refractivity contribution in [2.75, 3.05) is 6.61 Å². The second-order valence-corrected chi connectivity index (χ2v) is 4.68. The van der Waals surface area contributed by atoms with Gasteiger partial charge >= 0.3 is 11.9 Å². The van der Waals surface area contributed by atoms with Gasteiger partial charge in [0.05, 0.1) is 12.2 Å². The van der Waals surface area contributed by atoms with E-state index in [1.54, 1.807) is 6.92 Å². The first-order valence-electron chi connectivity index (χ1n) is 6.16. The minimum absolute atomic E-state index is 0.0583. The molecule has 0 aliphatic heterocycles. The Kier molecular flexibility index (Phi) is 5.87. The van der Waals surface area contributed by atoms with Gasteiger partial charge in [0.1, 0.15) is 5.38 Å². The molecule has 21 heavy (non-hydrogen) atoms. The number of esters is 1. The summed E-state index contributed by atoms with van der Waals surface area (Å²) in [6.07, 6.45) is -1.92. The number of Topliss-reactive ketones (excluding diaryl/α,β-unsaturated/α-hetero) is 1. The van der Waals surface area contributed by atoms with Crippen molar-refractivity contribution >= 4 is 29.3 Å². The number of alkyl halides is 1. The quantitative estimate of drug-likeness (QED) is 0.614. The van der Waals surface area contributed by atoms with Gasteiger partial charge in [-0.15, -0.1) is 11.6 Å². The molecular formula is C14H15ClO6. The number of ether oxygens (including phenoxy) is 1. The summed E-state index contributed by atoms with van der Waals surface area (Å²) >= 11 is 5.96. The van der Waals surface area contributed by atoms with Crippen molar-refractivity contribution in [2.45, 2.75) is 25.3 Å². The number of carboxylic acid groups (broad SMARTS) is 1. The van der Waals surface area contributed by atoms with Crippen LogP contribution in [0.4, 0.5) is 0 Å². The third-order valence-corrected chi connectivity index (χ3v) is 3.31. The summed E-state index contributed by atoms with van der Waals surface area (Å²) in [4.78, 5) is 34.4. The van der Waals surface area contributed by atoms with E-state index in [1.165, 1.54) is 25.1 Å². The molecule has 0 aromatic heterocycles. The molecule has 0 fully saturated rings. The van der Waals surface area contributed by atoms with Gasteiger partial charge in [-0.05, 0) is 19.4 Å². The molecule has 1 aromatic carbocycles. The number of rotatable bonds is 6. The van der Waals surface area contributed by atoms with Crippen LogP contribution in [0.3, 0.4) is 0 Å². The molecule has 6 nitrogen and oxygen atoms in total. The Morgan fingerprint density at radius 2 is 1.86 bits per heavy atom. The number of aliphatic hydroxyl groups excluding tert-OH is 1. The summed E-state index contributed by atoms with van der Waals surface area (Å²) in [6.45, 7) is 2.88. The Bertz CT molecular complexity index is 530. The van der Waals surface area contributed by atoms with Crippen LogP contribution in [0.15, 0.2) is 18.2 Å². The maximum Gasteiger partial charge on any atom is 0.338 e. The van der Waals surface area contributed by atoms with E-state index in [4.69, 9.17) is 21.4 Å². The van der Waals surface area contributed by atoms with Gasteiger partial charge in [0.2, 0.25) is 0 Å². The Hall–Kier alpha value is -1.92. The summed E-state index contributed by atoms with van der Waals surface area (Å²) in [7, 11) is 0. The molecule has 0 heterocycles. The van der Waals surface area contributed by atoms with E-state index in [2.05, 4.69) is 0 Å². The Morgan fingerprint density at radius 1 is 1.29 bits per heavy atom. The third kappa shape index (κ3) is 3.80. The Balaban J connectivity index is 3.51. The standard InChI is InChI=1S/C14H15ClO6/c1-3-21-14(20)10-8(11(15)7(2)16)5-4-6-9(10)12(17)13(18)19/h4-6,11-12,17H,3H2,1-2H3,(H,18,19). The number of aliphatic hydroxyl groups is 1. The van der Waals surface area contributed by atoms with Crippen molar-refractivity contribution in [1.82, 2.24) is 0 Å². The number of carbonyl (C=O) groups excluding carboxylic acids is 2. The Morgan fingerprint density at radius 3 is 2.33 bits per heavy atom. The van der Waals surface area contributed by atoms with Crippen molar-refractivity contribution in [3.8, 4) is 0 Å². The molecule has 0 spiro atoms. The molecule has 2 atom stereocenters. The van der Waals surface area contributed by atoms with Gasteiger partial charge in [-0.3, -0.25) is 4.79 Å². The van der Waals surface area contributed by atoms with Gasteiger partial charge in [-0.1, -0.05) is 18.2 Å². The summed E-state index contributed by atoms with van der Waals surface area (Å²) < 4.78 is 4.86. The lowest BCUT2D eigenvalue weighted by Crippen LogP contribution is -2.20. The first-order valence-corrected chi connectivity index (χ1v) is 6.60. The molecule has 2 unspecified atom stereocenters. The van der Waals surface area contributed by atoms with Crippen LogP contribution in [0.5, 0.6) is 0 Å². The molecule has 0 aliphatic rings. The number of benzene rings is 1. The van der Waals surface area contributed by atoms with E-state index in [9.17, 15) is 19.5 Å². The summed E-state index contributed by atoms with van der Waals surface area (Å²) in [5, 5.41) is 17.5. The number of carbonyl (C=O) groups is 3. The number of carboxylic acids is 1. The predicted octanol–water partition coefficient (Wildman–Crippen LogP) is 1.85. The van der Waals surface area contributed by atoms with Gasteiger partial charge in [0.15, 0.2) is 11.9 Å². The van der Waals surface area contributed by atoms with Crippen molar-refractivity contribution in [2.24, 2.45) is 0 Å². The van der Waals surface area contributed by atoms with Crippen LogP contribution in [0, 0.1) is 0 Å². The minimum atomic E-state index is -1.92. The highest BCUT2D eigenvalue weighted by molar-refractivity contribution is 6.31. The molecule has 0 bridgehead atoms. The molecule has 0 saturated heterocycles. The van der Waals surface area contributed by atoms with Crippen LogP contribution in [0.25, 0.3) is 0 Å². The van der Waals surface area contributed by atoms with Gasteiger partial charge in [0.25, 0.3) is 0 Å². The highest BCUT2D eigenvalue weighted by Gasteiger charge is 2.29. The summed E-state index contributed by atoms with van der Waals surface area (Å²) in [5.74, 6) is -2.77. The zero-order valence-electron chi connectivity index (χ0n) is 11.5. The first-order chi connectivity index (χ1) is 9.81. The first kappa shape index (κ1) is 17.1. The van der Waals surface area contributed by atoms with E-state index in [0.29, 0.717) is 0 Å². The molecule has 114 valence electrons. The zero-order valence-corrected chi connectivity index (χ0v) is 12.3. The molecule has 0 saturated carbocycles. The lowest BCUT2D eigenvalue weighted by atomic mass is 9.94. The monoisotopic (exact) mass is 314 g/mol. The van der Waals surface area contributed by atoms with Crippen molar-refractivity contribution in [3.63, 3.8) is 0 Å². The maximum atomic E-state index is 12.0. The molecule has 0 radical (unpaired) electrons. The van der Waals surface area contributed by atoms with Crippen molar-refractivity contribution in [3.05, 3.63) is 34.9 Å². The van der Waals surface area contributed by atoms with E-state index >= 15 is 0 Å². The van der Waals surface area contributed by atoms with E-state index < -0.39 is 29.2 Å². The summed E-state index contributed by atoms with van der Waals surface area (Å²) in [5.41, 5.74) is -0.241. The van der Waals surface area contributed by atoms with E-state index in [1.807, 2.05) is 0 Å². The number of halogens is 1. The SMILES string of the molecule is CCOC(=O)c1c(C(O)C(=O)O)cccc1C(Cl)C(C)=O. The van der Waals surface area contributed by atoms with E-state index in [-0.39, 0.29) is 23.3 Å². The molecule has 1 rings (SSSR count). The minimum Gasteiger partial charge on any atom is -0.479 e. The van der Waals surface area contributed by atoms with Crippen LogP contribution in [0.2, 0.25) is 0 Å². The number of ketones is 1. The van der Waals surface area contributed by atoms with Gasteiger partial charge in [-0.25, -0.2) is 9.59 Å². The number of hydrogen-bond donors (Lipinski definition) is 2. The van der Waals surface area contributed by atoms with Crippen molar-refractivity contribution in [1.29, 1.82) is 0 Å². The largest absolute Gasteiger partial charge is 0.479 e. The van der Waals surface area contributed by atoms with Crippen LogP contribution in [0.1, 0.15) is 46.8 Å². The summed E-state index contributed by atoms with van der Waals surface area (Å²) in [6, 6.07) is 4.11. The maximum absolute atomic E-state index is 12.0. The molecule has 1 aromatic rings. The smallest absolute Gasteiger partial charge is 0.338 e. The molecule has 2 N–H and O–H groups in total. The molecule has 7 heteroatoms. The van der Waals surface area contributed by atoms with Crippen LogP contribution in [-0.2, 0) is 14.3 Å². The second kappa shape index (κ2) is 7.19. The highest BCUT2D eigenvalue weighted by Crippen LogP contribution is 2.31. The average molecular weight is 315 g/mol. The van der Waals surface area contributed by atoms with Crippen LogP contribution < -0.4 is 0 Å². The lowest BCUT2D eigenvalue weighted by molar-refractivity contribution is -0.147. The third-order valence-electron chi connectivity index (χ3n) is 2.77. The molecule has 0 aliphatic carbocycles. The zero-order chi connectivity index (χ0) is 16.2. The van der Waals surface area contributed by atoms with Gasteiger partial charge < -0.3 is 14.9 Å². The number of hydrogen-bond acceptors (Lipinski definition) is 5. The Labute approximate surface area is 126 Å². The fourth-order valence-electron chi connectivity index (χ4n) is 1.82. The van der Waals surface area contributed by atoms with Crippen molar-refractivity contribution < 1.29 is 29.3 Å². The van der Waals surface area contributed by atoms with Gasteiger partial charge in [0, 0.05) is 5.56 Å². The average Bonchev–Trinajstić information content (AvgIpc) is 2.44. The number of aliphatic carboxylic acids is 1. The fourth-order valence-corrected chi connectivity index (χ4v) is 2.00. The van der Waals surface area contributed by atoms with Crippen LogP contribution in [-0.4, -0.2) is 34.5 Å². The molecular weight excluding hydrogens is 300 g/mol. The fraction of sp³-hybridized carbons (Fsp3) is 0.357. The van der Waals surface area contributed by atoms with E-state index in [0.717, 1.165) is 0 Å². The predicted molar refractivity (Wildman–Crippen MR) is 74.3 cm³/mol. The van der Waals surface area contributed by atoms with Crippen LogP contribution >= 0.6 is 11.6 Å².